The lowest BCUT2D eigenvalue weighted by Crippen LogP contribution is -2.01. The number of hydrogen-bond donors (Lipinski definition) is 0. The first-order valence-electron chi connectivity index (χ1n) is 5.88. The number of hydrogen-bond acceptors (Lipinski definition) is 0. The number of aryl methyl sites for hydroxylation is 2. The molecule has 1 heterocycles. The van der Waals surface area contributed by atoms with Crippen molar-refractivity contribution < 1.29 is 0 Å². The molecule has 0 bridgehead atoms. The minimum absolute atomic E-state index is 1.20. The molecular formula is C13H23N. The van der Waals surface area contributed by atoms with Gasteiger partial charge in [-0.2, -0.15) is 0 Å². The molecule has 0 saturated heterocycles. The van der Waals surface area contributed by atoms with Crippen LogP contribution in [0.3, 0.4) is 0 Å². The van der Waals surface area contributed by atoms with Crippen LogP contribution in [0.25, 0.3) is 0 Å². The van der Waals surface area contributed by atoms with Gasteiger partial charge in [-0.1, -0.05) is 32.6 Å². The van der Waals surface area contributed by atoms with E-state index in [2.05, 4.69) is 37.5 Å². The summed E-state index contributed by atoms with van der Waals surface area (Å²) in [5.74, 6) is 0. The summed E-state index contributed by atoms with van der Waals surface area (Å²) in [5.41, 5.74) is 2.80. The fourth-order valence-electron chi connectivity index (χ4n) is 1.93. The smallest absolute Gasteiger partial charge is 0.0224 e. The Morgan fingerprint density at radius 1 is 0.929 bits per heavy atom. The summed E-state index contributed by atoms with van der Waals surface area (Å²) in [5, 5.41) is 0. The molecule has 0 aliphatic heterocycles. The first kappa shape index (κ1) is 11.4. The van der Waals surface area contributed by atoms with Crippen LogP contribution in [-0.2, 0) is 6.54 Å². The van der Waals surface area contributed by atoms with Gasteiger partial charge in [-0.15, -0.1) is 0 Å². The molecule has 14 heavy (non-hydrogen) atoms. The highest BCUT2D eigenvalue weighted by Gasteiger charge is 1.99. The highest BCUT2D eigenvalue weighted by atomic mass is 15.0. The molecule has 0 spiro atoms. The van der Waals surface area contributed by atoms with Crippen molar-refractivity contribution in [3.63, 3.8) is 0 Å². The van der Waals surface area contributed by atoms with Crippen molar-refractivity contribution in [1.82, 2.24) is 4.57 Å². The fourth-order valence-corrected chi connectivity index (χ4v) is 1.93. The van der Waals surface area contributed by atoms with E-state index in [1.165, 1.54) is 50.0 Å². The predicted molar refractivity (Wildman–Crippen MR) is 62.7 cm³/mol. The highest BCUT2D eigenvalue weighted by Crippen LogP contribution is 2.10. The summed E-state index contributed by atoms with van der Waals surface area (Å²) < 4.78 is 2.42. The molecule has 0 radical (unpaired) electrons. The Kier molecular flexibility index (Phi) is 4.78. The fraction of sp³-hybridized carbons (Fsp3) is 0.692. The van der Waals surface area contributed by atoms with Gasteiger partial charge in [0.1, 0.15) is 0 Å². The van der Waals surface area contributed by atoms with Crippen molar-refractivity contribution in [1.29, 1.82) is 0 Å². The molecule has 0 saturated carbocycles. The van der Waals surface area contributed by atoms with Gasteiger partial charge in [0.25, 0.3) is 0 Å². The van der Waals surface area contributed by atoms with E-state index in [9.17, 15) is 0 Å². The second-order valence-electron chi connectivity index (χ2n) is 4.18. The first-order valence-corrected chi connectivity index (χ1v) is 5.88. The molecule has 1 heteroatoms. The molecule has 0 unspecified atom stereocenters. The molecule has 1 aromatic rings. The standard InChI is InChI=1S/C13H23N/c1-4-5-6-7-8-11-14-12(2)9-10-13(14)3/h9-10H,4-8,11H2,1-3H3. The van der Waals surface area contributed by atoms with E-state index in [1.807, 2.05) is 0 Å². The molecule has 0 amide bonds. The SMILES string of the molecule is CCCCCCCn1c(C)ccc1C. The van der Waals surface area contributed by atoms with Gasteiger partial charge < -0.3 is 4.57 Å². The zero-order valence-electron chi connectivity index (χ0n) is 9.84. The van der Waals surface area contributed by atoms with Crippen LogP contribution in [0.15, 0.2) is 12.1 Å². The Balaban J connectivity index is 2.24. The van der Waals surface area contributed by atoms with Gasteiger partial charge in [0, 0.05) is 17.9 Å². The molecule has 0 N–H and O–H groups in total. The summed E-state index contributed by atoms with van der Waals surface area (Å²) in [6.07, 6.45) is 6.84. The van der Waals surface area contributed by atoms with E-state index in [0.717, 1.165) is 0 Å². The van der Waals surface area contributed by atoms with Gasteiger partial charge >= 0.3 is 0 Å². The molecule has 80 valence electrons. The zero-order valence-corrected chi connectivity index (χ0v) is 9.84. The van der Waals surface area contributed by atoms with E-state index in [4.69, 9.17) is 0 Å². The van der Waals surface area contributed by atoms with Gasteiger partial charge in [0.2, 0.25) is 0 Å². The van der Waals surface area contributed by atoms with Crippen molar-refractivity contribution in [2.75, 3.05) is 0 Å². The van der Waals surface area contributed by atoms with Gasteiger partial charge in [-0.3, -0.25) is 0 Å². The summed E-state index contributed by atoms with van der Waals surface area (Å²) in [6, 6.07) is 4.42. The summed E-state index contributed by atoms with van der Waals surface area (Å²) in [4.78, 5) is 0. The maximum absolute atomic E-state index is 2.42. The zero-order chi connectivity index (χ0) is 10.4. The number of aromatic nitrogens is 1. The molecular weight excluding hydrogens is 170 g/mol. The molecule has 0 aromatic carbocycles. The van der Waals surface area contributed by atoms with Crippen LogP contribution in [-0.4, -0.2) is 4.57 Å². The minimum atomic E-state index is 1.20. The lowest BCUT2D eigenvalue weighted by Gasteiger charge is -2.08. The van der Waals surface area contributed by atoms with Crippen LogP contribution in [0.1, 0.15) is 50.4 Å². The second-order valence-corrected chi connectivity index (χ2v) is 4.18. The Hall–Kier alpha value is -0.720. The van der Waals surface area contributed by atoms with Crippen LogP contribution in [0.2, 0.25) is 0 Å². The summed E-state index contributed by atoms with van der Waals surface area (Å²) in [7, 11) is 0. The molecule has 1 nitrogen and oxygen atoms in total. The quantitative estimate of drug-likeness (QED) is 0.600. The normalized spacial score (nSPS) is 10.8. The lowest BCUT2D eigenvalue weighted by molar-refractivity contribution is 0.557. The number of nitrogens with zero attached hydrogens (tertiary/aromatic N) is 1. The van der Waals surface area contributed by atoms with Crippen molar-refractivity contribution >= 4 is 0 Å². The van der Waals surface area contributed by atoms with Crippen molar-refractivity contribution in [3.05, 3.63) is 23.5 Å². The Morgan fingerprint density at radius 2 is 1.50 bits per heavy atom. The van der Waals surface area contributed by atoms with Gasteiger partial charge in [0.15, 0.2) is 0 Å². The maximum atomic E-state index is 2.42. The van der Waals surface area contributed by atoms with E-state index in [1.54, 1.807) is 0 Å². The lowest BCUT2D eigenvalue weighted by atomic mass is 10.1. The third-order valence-electron chi connectivity index (χ3n) is 2.90. The van der Waals surface area contributed by atoms with Gasteiger partial charge in [-0.25, -0.2) is 0 Å². The van der Waals surface area contributed by atoms with Crippen molar-refractivity contribution in [2.45, 2.75) is 59.4 Å². The van der Waals surface area contributed by atoms with Crippen molar-refractivity contribution in [3.8, 4) is 0 Å². The average Bonchev–Trinajstić information content (AvgIpc) is 2.48. The van der Waals surface area contributed by atoms with E-state index in [0.29, 0.717) is 0 Å². The van der Waals surface area contributed by atoms with Crippen LogP contribution in [0, 0.1) is 13.8 Å². The largest absolute Gasteiger partial charge is 0.349 e. The average molecular weight is 193 g/mol. The third kappa shape index (κ3) is 3.21. The molecule has 0 atom stereocenters. The number of rotatable bonds is 6. The van der Waals surface area contributed by atoms with E-state index in [-0.39, 0.29) is 0 Å². The second kappa shape index (κ2) is 5.90. The maximum Gasteiger partial charge on any atom is 0.0224 e. The Bertz CT molecular complexity index is 241. The highest BCUT2D eigenvalue weighted by molar-refractivity contribution is 5.13. The Labute approximate surface area is 88.1 Å². The summed E-state index contributed by atoms with van der Waals surface area (Å²) >= 11 is 0. The molecule has 0 aliphatic rings. The van der Waals surface area contributed by atoms with Gasteiger partial charge in [-0.05, 0) is 32.4 Å². The van der Waals surface area contributed by atoms with Crippen LogP contribution in [0.4, 0.5) is 0 Å². The molecule has 0 fully saturated rings. The van der Waals surface area contributed by atoms with Crippen LogP contribution < -0.4 is 0 Å². The van der Waals surface area contributed by atoms with Gasteiger partial charge in [0.05, 0.1) is 0 Å². The summed E-state index contributed by atoms with van der Waals surface area (Å²) in [6.45, 7) is 7.85. The topological polar surface area (TPSA) is 4.93 Å². The molecule has 1 aromatic heterocycles. The molecule has 1 rings (SSSR count). The molecule has 0 aliphatic carbocycles. The van der Waals surface area contributed by atoms with Crippen molar-refractivity contribution in [2.24, 2.45) is 0 Å². The van der Waals surface area contributed by atoms with E-state index >= 15 is 0 Å². The van der Waals surface area contributed by atoms with E-state index < -0.39 is 0 Å². The third-order valence-corrected chi connectivity index (χ3v) is 2.90. The van der Waals surface area contributed by atoms with Crippen LogP contribution >= 0.6 is 0 Å². The predicted octanol–water partition coefficient (Wildman–Crippen LogP) is 4.08. The minimum Gasteiger partial charge on any atom is -0.349 e. The number of unbranched alkanes of at least 4 members (excludes halogenated alkanes) is 4. The Morgan fingerprint density at radius 3 is 2.07 bits per heavy atom. The monoisotopic (exact) mass is 193 g/mol. The van der Waals surface area contributed by atoms with Crippen LogP contribution in [0.5, 0.6) is 0 Å². The first-order chi connectivity index (χ1) is 6.75.